The Balaban J connectivity index is 2.02. The molecule has 4 nitrogen and oxygen atoms in total. The molecule has 0 aliphatic carbocycles. The highest BCUT2D eigenvalue weighted by Gasteiger charge is 2.02. The molecule has 2 rings (SSSR count). The third kappa shape index (κ3) is 2.43. The van der Waals surface area contributed by atoms with Crippen molar-refractivity contribution in [1.29, 1.82) is 0 Å². The Morgan fingerprint density at radius 1 is 1.50 bits per heavy atom. The van der Waals surface area contributed by atoms with Crippen LogP contribution >= 0.6 is 11.3 Å². The number of benzene rings is 1. The molecule has 0 saturated carbocycles. The number of hydrogen-bond acceptors (Lipinski definition) is 5. The van der Waals surface area contributed by atoms with E-state index in [4.69, 9.17) is 4.74 Å². The molecular weight excluding hydrogens is 224 g/mol. The van der Waals surface area contributed by atoms with Crippen LogP contribution in [0.2, 0.25) is 0 Å². The van der Waals surface area contributed by atoms with E-state index in [1.807, 2.05) is 11.4 Å². The number of aromatic nitrogens is 1. The summed E-state index contributed by atoms with van der Waals surface area (Å²) in [7, 11) is 1.53. The molecule has 2 N–H and O–H groups in total. The molecule has 0 radical (unpaired) electrons. The van der Waals surface area contributed by atoms with E-state index >= 15 is 0 Å². The van der Waals surface area contributed by atoms with Crippen LogP contribution in [0.5, 0.6) is 11.5 Å². The second kappa shape index (κ2) is 4.85. The molecule has 2 aromatic rings. The Morgan fingerprint density at radius 2 is 2.38 bits per heavy atom. The lowest BCUT2D eigenvalue weighted by molar-refractivity contribution is 0.373. The van der Waals surface area contributed by atoms with Gasteiger partial charge in [-0.25, -0.2) is 4.98 Å². The number of hydrogen-bond donors (Lipinski definition) is 2. The first kappa shape index (κ1) is 10.8. The van der Waals surface area contributed by atoms with E-state index in [0.717, 1.165) is 11.4 Å². The van der Waals surface area contributed by atoms with Gasteiger partial charge in [0, 0.05) is 17.1 Å². The third-order valence-electron chi connectivity index (χ3n) is 2.14. The lowest BCUT2D eigenvalue weighted by Crippen LogP contribution is -1.99. The Kier molecular flexibility index (Phi) is 3.26. The van der Waals surface area contributed by atoms with Gasteiger partial charge in [0.15, 0.2) is 11.5 Å². The van der Waals surface area contributed by atoms with Crippen molar-refractivity contribution in [3.8, 4) is 11.5 Å². The van der Waals surface area contributed by atoms with Crippen molar-refractivity contribution in [3.63, 3.8) is 0 Å². The van der Waals surface area contributed by atoms with Crippen LogP contribution < -0.4 is 10.1 Å². The van der Waals surface area contributed by atoms with Gasteiger partial charge in [-0.3, -0.25) is 0 Å². The number of rotatable bonds is 4. The van der Waals surface area contributed by atoms with Gasteiger partial charge in [-0.2, -0.15) is 0 Å². The van der Waals surface area contributed by atoms with Gasteiger partial charge in [0.05, 0.1) is 24.9 Å². The molecule has 1 aromatic heterocycles. The zero-order valence-corrected chi connectivity index (χ0v) is 9.62. The minimum Gasteiger partial charge on any atom is -0.504 e. The van der Waals surface area contributed by atoms with Crippen molar-refractivity contribution in [2.75, 3.05) is 12.4 Å². The average Bonchev–Trinajstić information content (AvgIpc) is 2.79. The summed E-state index contributed by atoms with van der Waals surface area (Å²) in [6.07, 6.45) is 0. The largest absolute Gasteiger partial charge is 0.504 e. The lowest BCUT2D eigenvalue weighted by atomic mass is 10.2. The topological polar surface area (TPSA) is 54.4 Å². The maximum absolute atomic E-state index is 9.57. The first-order chi connectivity index (χ1) is 7.79. The second-order valence-electron chi connectivity index (χ2n) is 3.22. The van der Waals surface area contributed by atoms with Crippen molar-refractivity contribution in [2.45, 2.75) is 6.54 Å². The molecule has 0 fully saturated rings. The first-order valence-corrected chi connectivity index (χ1v) is 5.72. The quantitative estimate of drug-likeness (QED) is 0.856. The van der Waals surface area contributed by atoms with E-state index in [1.165, 1.54) is 7.11 Å². The van der Waals surface area contributed by atoms with Gasteiger partial charge in [-0.05, 0) is 12.1 Å². The van der Waals surface area contributed by atoms with E-state index in [2.05, 4.69) is 10.3 Å². The van der Waals surface area contributed by atoms with Crippen LogP contribution in [0.1, 0.15) is 5.69 Å². The molecule has 0 bridgehead atoms. The molecule has 84 valence electrons. The molecular formula is C11H12N2O2S. The van der Waals surface area contributed by atoms with Gasteiger partial charge in [-0.15, -0.1) is 11.3 Å². The number of thiazole rings is 1. The highest BCUT2D eigenvalue weighted by Crippen LogP contribution is 2.28. The second-order valence-corrected chi connectivity index (χ2v) is 3.94. The van der Waals surface area contributed by atoms with Crippen molar-refractivity contribution in [2.24, 2.45) is 0 Å². The van der Waals surface area contributed by atoms with E-state index in [0.29, 0.717) is 12.3 Å². The molecule has 0 spiro atoms. The maximum atomic E-state index is 9.57. The SMILES string of the molecule is COc1ccc(NCc2cscn2)cc1O. The molecule has 0 aliphatic rings. The van der Waals surface area contributed by atoms with Gasteiger partial charge in [0.25, 0.3) is 0 Å². The van der Waals surface area contributed by atoms with Crippen LogP contribution in [0.15, 0.2) is 29.1 Å². The summed E-state index contributed by atoms with van der Waals surface area (Å²) in [5, 5.41) is 14.7. The zero-order valence-electron chi connectivity index (χ0n) is 8.80. The summed E-state index contributed by atoms with van der Waals surface area (Å²) < 4.78 is 4.96. The predicted octanol–water partition coefficient (Wildman–Crippen LogP) is 2.47. The Hall–Kier alpha value is -1.75. The zero-order chi connectivity index (χ0) is 11.4. The predicted molar refractivity (Wildman–Crippen MR) is 64.1 cm³/mol. The van der Waals surface area contributed by atoms with Crippen molar-refractivity contribution >= 4 is 17.0 Å². The molecule has 16 heavy (non-hydrogen) atoms. The van der Waals surface area contributed by atoms with E-state index in [1.54, 1.807) is 29.0 Å². The number of aromatic hydroxyl groups is 1. The standard InChI is InChI=1S/C11H12N2O2S/c1-15-11-3-2-8(4-10(11)14)12-5-9-6-16-7-13-9/h2-4,6-7,12,14H,5H2,1H3. The normalized spacial score (nSPS) is 10.1. The fraction of sp³-hybridized carbons (Fsp3) is 0.182. The summed E-state index contributed by atoms with van der Waals surface area (Å²) in [6, 6.07) is 5.20. The van der Waals surface area contributed by atoms with E-state index < -0.39 is 0 Å². The van der Waals surface area contributed by atoms with E-state index in [-0.39, 0.29) is 5.75 Å². The molecule has 0 amide bonds. The van der Waals surface area contributed by atoms with Crippen LogP contribution in [0, 0.1) is 0 Å². The number of nitrogens with one attached hydrogen (secondary N) is 1. The van der Waals surface area contributed by atoms with Crippen LogP contribution in [0.3, 0.4) is 0 Å². The van der Waals surface area contributed by atoms with Gasteiger partial charge in [0.2, 0.25) is 0 Å². The summed E-state index contributed by atoms with van der Waals surface area (Å²) in [6.45, 7) is 0.648. The highest BCUT2D eigenvalue weighted by atomic mass is 32.1. The molecule has 1 aromatic carbocycles. The van der Waals surface area contributed by atoms with Crippen LogP contribution in [-0.2, 0) is 6.54 Å². The van der Waals surface area contributed by atoms with Crippen molar-refractivity contribution < 1.29 is 9.84 Å². The average molecular weight is 236 g/mol. The fourth-order valence-corrected chi connectivity index (χ4v) is 1.88. The first-order valence-electron chi connectivity index (χ1n) is 4.77. The monoisotopic (exact) mass is 236 g/mol. The number of anilines is 1. The molecule has 0 atom stereocenters. The number of methoxy groups -OCH3 is 1. The molecule has 5 heteroatoms. The van der Waals surface area contributed by atoms with Gasteiger partial charge < -0.3 is 15.2 Å². The van der Waals surface area contributed by atoms with Crippen LogP contribution in [-0.4, -0.2) is 17.2 Å². The molecule has 1 heterocycles. The smallest absolute Gasteiger partial charge is 0.160 e. The number of ether oxygens (including phenoxy) is 1. The Morgan fingerprint density at radius 3 is 3.00 bits per heavy atom. The molecule has 0 aliphatic heterocycles. The van der Waals surface area contributed by atoms with E-state index in [9.17, 15) is 5.11 Å². The van der Waals surface area contributed by atoms with Crippen LogP contribution in [0.4, 0.5) is 5.69 Å². The third-order valence-corrected chi connectivity index (χ3v) is 2.77. The Labute approximate surface area is 97.5 Å². The van der Waals surface area contributed by atoms with Gasteiger partial charge in [0.1, 0.15) is 0 Å². The highest BCUT2D eigenvalue weighted by molar-refractivity contribution is 7.07. The molecule has 0 unspecified atom stereocenters. The number of nitrogens with zero attached hydrogens (tertiary/aromatic N) is 1. The fourth-order valence-electron chi connectivity index (χ4n) is 1.32. The van der Waals surface area contributed by atoms with Crippen molar-refractivity contribution in [1.82, 2.24) is 4.98 Å². The molecule has 0 saturated heterocycles. The summed E-state index contributed by atoms with van der Waals surface area (Å²) >= 11 is 1.56. The number of phenols is 1. The van der Waals surface area contributed by atoms with Crippen molar-refractivity contribution in [3.05, 3.63) is 34.8 Å². The maximum Gasteiger partial charge on any atom is 0.160 e. The summed E-state index contributed by atoms with van der Waals surface area (Å²) in [4.78, 5) is 4.16. The Bertz CT molecular complexity index is 457. The minimum absolute atomic E-state index is 0.130. The van der Waals surface area contributed by atoms with Gasteiger partial charge in [-0.1, -0.05) is 0 Å². The van der Waals surface area contributed by atoms with Crippen LogP contribution in [0.25, 0.3) is 0 Å². The minimum atomic E-state index is 0.130. The number of phenolic OH excluding ortho intramolecular Hbond substituents is 1. The van der Waals surface area contributed by atoms with Gasteiger partial charge >= 0.3 is 0 Å². The summed E-state index contributed by atoms with van der Waals surface area (Å²) in [5.41, 5.74) is 3.62. The lowest BCUT2D eigenvalue weighted by Gasteiger charge is -2.07. The summed E-state index contributed by atoms with van der Waals surface area (Å²) in [5.74, 6) is 0.602.